The lowest BCUT2D eigenvalue weighted by Crippen LogP contribution is -2.17. The average molecular weight is 470 g/mol. The van der Waals surface area contributed by atoms with E-state index in [1.807, 2.05) is 17.6 Å². The molecule has 0 N–H and O–H groups in total. The molecule has 2 aromatic carbocycles. The van der Waals surface area contributed by atoms with Crippen molar-refractivity contribution < 1.29 is 17.5 Å². The highest BCUT2D eigenvalue weighted by Crippen LogP contribution is 2.31. The molecule has 0 radical (unpaired) electrons. The summed E-state index contributed by atoms with van der Waals surface area (Å²) in [4.78, 5) is 16.9. The number of rotatable bonds is 6. The normalized spacial score (nSPS) is 11.8. The van der Waals surface area contributed by atoms with Crippen LogP contribution in [-0.4, -0.2) is 35.9 Å². The number of aryl methyl sites for hydroxylation is 2. The zero-order valence-corrected chi connectivity index (χ0v) is 19.6. The van der Waals surface area contributed by atoms with E-state index < -0.39 is 9.84 Å². The van der Waals surface area contributed by atoms with Crippen LogP contribution in [0.4, 0.5) is 4.39 Å². The minimum atomic E-state index is -3.33. The standard InChI is InChI=1S/C24H24FN3O4S/c1-15-26-23-19(14-33(4,30)31)9-17(18-11-22(32-3)24(29)27(2)13-18)10-21(23)28(15)12-16-5-7-20(25)8-6-16/h5-11,13H,12,14H2,1-4H3. The third-order valence-corrected chi connectivity index (χ3v) is 6.33. The SMILES string of the molecule is COc1cc(-c2cc(CS(C)(=O)=O)c3nc(C)n(Cc4ccc(F)cc4)c3c2)cn(C)c1=O. The molecule has 0 aliphatic carbocycles. The number of hydrogen-bond donors (Lipinski definition) is 0. The van der Waals surface area contributed by atoms with Crippen LogP contribution in [0.1, 0.15) is 17.0 Å². The number of halogens is 1. The number of pyridine rings is 1. The van der Waals surface area contributed by atoms with E-state index in [1.165, 1.54) is 30.1 Å². The third kappa shape index (κ3) is 4.68. The van der Waals surface area contributed by atoms with Crippen molar-refractivity contribution in [1.29, 1.82) is 0 Å². The topological polar surface area (TPSA) is 83.2 Å². The lowest BCUT2D eigenvalue weighted by molar-refractivity contribution is 0.405. The van der Waals surface area contributed by atoms with Crippen LogP contribution >= 0.6 is 0 Å². The Hall–Kier alpha value is -3.46. The highest BCUT2D eigenvalue weighted by Gasteiger charge is 2.18. The van der Waals surface area contributed by atoms with Gasteiger partial charge in [0.05, 0.1) is 23.9 Å². The van der Waals surface area contributed by atoms with E-state index >= 15 is 0 Å². The molecule has 0 aliphatic heterocycles. The summed E-state index contributed by atoms with van der Waals surface area (Å²) in [7, 11) is -0.271. The third-order valence-electron chi connectivity index (χ3n) is 5.50. The maximum Gasteiger partial charge on any atom is 0.292 e. The van der Waals surface area contributed by atoms with Gasteiger partial charge < -0.3 is 13.9 Å². The second-order valence-corrected chi connectivity index (χ2v) is 10.3. The highest BCUT2D eigenvalue weighted by atomic mass is 32.2. The van der Waals surface area contributed by atoms with Crippen LogP contribution in [0.25, 0.3) is 22.2 Å². The van der Waals surface area contributed by atoms with E-state index in [9.17, 15) is 17.6 Å². The van der Waals surface area contributed by atoms with Gasteiger partial charge in [0, 0.05) is 31.6 Å². The summed E-state index contributed by atoms with van der Waals surface area (Å²) in [5.74, 6) is 0.412. The fourth-order valence-corrected chi connectivity index (χ4v) is 4.71. The van der Waals surface area contributed by atoms with E-state index in [4.69, 9.17) is 4.74 Å². The Bertz CT molecular complexity index is 1520. The van der Waals surface area contributed by atoms with Crippen molar-refractivity contribution in [3.8, 4) is 16.9 Å². The second kappa shape index (κ2) is 8.47. The minimum Gasteiger partial charge on any atom is -0.491 e. The molecule has 0 saturated carbocycles. The molecule has 33 heavy (non-hydrogen) atoms. The Kier molecular flexibility index (Phi) is 5.84. The molecule has 0 aliphatic rings. The van der Waals surface area contributed by atoms with Crippen molar-refractivity contribution in [2.24, 2.45) is 7.05 Å². The lowest BCUT2D eigenvalue weighted by Gasteiger charge is -2.12. The molecule has 7 nitrogen and oxygen atoms in total. The quantitative estimate of drug-likeness (QED) is 0.432. The fourth-order valence-electron chi connectivity index (χ4n) is 3.93. The van der Waals surface area contributed by atoms with Crippen molar-refractivity contribution >= 4 is 20.9 Å². The first-order valence-corrected chi connectivity index (χ1v) is 12.3. The first-order valence-electron chi connectivity index (χ1n) is 10.2. The maximum absolute atomic E-state index is 13.4. The first kappa shape index (κ1) is 22.7. The molecular formula is C24H24FN3O4S. The van der Waals surface area contributed by atoms with Crippen LogP contribution in [0.15, 0.2) is 53.5 Å². The van der Waals surface area contributed by atoms with Gasteiger partial charge in [0.1, 0.15) is 11.6 Å². The fraction of sp³-hybridized carbons (Fsp3) is 0.250. The van der Waals surface area contributed by atoms with Crippen molar-refractivity contribution in [2.75, 3.05) is 13.4 Å². The molecule has 0 atom stereocenters. The van der Waals surface area contributed by atoms with Gasteiger partial charge in [-0.1, -0.05) is 12.1 Å². The molecular weight excluding hydrogens is 445 g/mol. The summed E-state index contributed by atoms with van der Waals surface area (Å²) >= 11 is 0. The Morgan fingerprint density at radius 3 is 2.42 bits per heavy atom. The van der Waals surface area contributed by atoms with E-state index in [2.05, 4.69) is 4.98 Å². The zero-order chi connectivity index (χ0) is 23.9. The number of hydrogen-bond acceptors (Lipinski definition) is 5. The van der Waals surface area contributed by atoms with Crippen LogP contribution in [0, 0.1) is 12.7 Å². The van der Waals surface area contributed by atoms with E-state index in [0.29, 0.717) is 29.0 Å². The van der Waals surface area contributed by atoms with Gasteiger partial charge in [-0.05, 0) is 53.9 Å². The monoisotopic (exact) mass is 469 g/mol. The van der Waals surface area contributed by atoms with Gasteiger partial charge in [0.2, 0.25) is 0 Å². The molecule has 0 amide bonds. The van der Waals surface area contributed by atoms with Crippen molar-refractivity contribution in [3.63, 3.8) is 0 Å². The van der Waals surface area contributed by atoms with Crippen LogP contribution < -0.4 is 10.3 Å². The van der Waals surface area contributed by atoms with Gasteiger partial charge in [-0.15, -0.1) is 0 Å². The van der Waals surface area contributed by atoms with E-state index in [1.54, 1.807) is 37.5 Å². The van der Waals surface area contributed by atoms with E-state index in [-0.39, 0.29) is 22.9 Å². The summed E-state index contributed by atoms with van der Waals surface area (Å²) in [6.07, 6.45) is 2.87. The van der Waals surface area contributed by atoms with Gasteiger partial charge in [0.15, 0.2) is 15.6 Å². The number of ether oxygens (including phenoxy) is 1. The molecule has 0 fully saturated rings. The Balaban J connectivity index is 1.96. The van der Waals surface area contributed by atoms with Gasteiger partial charge in [-0.3, -0.25) is 4.79 Å². The van der Waals surface area contributed by atoms with Crippen LogP contribution in [-0.2, 0) is 29.2 Å². The summed E-state index contributed by atoms with van der Waals surface area (Å²) in [6, 6.07) is 11.6. The van der Waals surface area contributed by atoms with Crippen molar-refractivity contribution in [2.45, 2.75) is 19.2 Å². The molecule has 4 aromatic rings. The molecule has 2 aromatic heterocycles. The number of fused-ring (bicyclic) bond motifs is 1. The summed E-state index contributed by atoms with van der Waals surface area (Å²) in [5.41, 5.74) is 3.97. The summed E-state index contributed by atoms with van der Waals surface area (Å²) in [6.45, 7) is 2.30. The number of benzene rings is 2. The summed E-state index contributed by atoms with van der Waals surface area (Å²) < 4.78 is 46.3. The number of imidazole rings is 1. The number of aromatic nitrogens is 3. The van der Waals surface area contributed by atoms with Gasteiger partial charge >= 0.3 is 0 Å². The van der Waals surface area contributed by atoms with Crippen LogP contribution in [0.5, 0.6) is 5.75 Å². The Labute approximate surface area is 191 Å². The predicted octanol–water partition coefficient (Wildman–Crippen LogP) is 3.45. The van der Waals surface area contributed by atoms with E-state index in [0.717, 1.165) is 16.6 Å². The molecule has 0 unspecified atom stereocenters. The van der Waals surface area contributed by atoms with Gasteiger partial charge in [-0.25, -0.2) is 17.8 Å². The highest BCUT2D eigenvalue weighted by molar-refractivity contribution is 7.89. The van der Waals surface area contributed by atoms with Crippen LogP contribution in [0.3, 0.4) is 0 Å². The summed E-state index contributed by atoms with van der Waals surface area (Å²) in [5, 5.41) is 0. The smallest absolute Gasteiger partial charge is 0.292 e. The van der Waals surface area contributed by atoms with Gasteiger partial charge in [-0.2, -0.15) is 0 Å². The molecule has 0 saturated heterocycles. The number of sulfone groups is 1. The Morgan fingerprint density at radius 2 is 1.79 bits per heavy atom. The van der Waals surface area contributed by atoms with Crippen molar-refractivity contribution in [1.82, 2.24) is 14.1 Å². The second-order valence-electron chi connectivity index (χ2n) is 8.16. The largest absolute Gasteiger partial charge is 0.491 e. The molecule has 0 bridgehead atoms. The first-order chi connectivity index (χ1) is 15.6. The minimum absolute atomic E-state index is 0.173. The zero-order valence-electron chi connectivity index (χ0n) is 18.8. The average Bonchev–Trinajstić information content (AvgIpc) is 3.06. The molecule has 0 spiro atoms. The number of nitrogens with zero attached hydrogens (tertiary/aromatic N) is 3. The molecule has 9 heteroatoms. The molecule has 4 rings (SSSR count). The molecule has 172 valence electrons. The van der Waals surface area contributed by atoms with Gasteiger partial charge in [0.25, 0.3) is 5.56 Å². The van der Waals surface area contributed by atoms with Crippen LogP contribution in [0.2, 0.25) is 0 Å². The Morgan fingerprint density at radius 1 is 1.09 bits per heavy atom. The molecule has 2 heterocycles. The lowest BCUT2D eigenvalue weighted by atomic mass is 10.0. The maximum atomic E-state index is 13.4. The number of methoxy groups -OCH3 is 1. The van der Waals surface area contributed by atoms with Crippen molar-refractivity contribution in [3.05, 3.63) is 81.8 Å². The predicted molar refractivity (Wildman–Crippen MR) is 126 cm³/mol.